The Morgan fingerprint density at radius 1 is 1.14 bits per heavy atom. The van der Waals surface area contributed by atoms with Crippen LogP contribution in [0.5, 0.6) is 11.5 Å². The number of carbonyl (C=O) groups excluding carboxylic acids is 2. The summed E-state index contributed by atoms with van der Waals surface area (Å²) in [5.74, 6) is 0.444. The van der Waals surface area contributed by atoms with Gasteiger partial charge in [-0.25, -0.2) is 4.79 Å². The number of benzene rings is 2. The lowest BCUT2D eigenvalue weighted by atomic mass is 10.2. The van der Waals surface area contributed by atoms with Gasteiger partial charge in [-0.1, -0.05) is 35.9 Å². The molecular weight excluding hydrogens is 382 g/mol. The molecule has 1 aliphatic heterocycles. The van der Waals surface area contributed by atoms with Crippen molar-refractivity contribution in [3.8, 4) is 11.5 Å². The minimum absolute atomic E-state index is 0.311. The van der Waals surface area contributed by atoms with E-state index in [1.54, 1.807) is 31.3 Å². The average molecular weight is 402 g/mol. The van der Waals surface area contributed by atoms with Gasteiger partial charge in [0.1, 0.15) is 13.2 Å². The van der Waals surface area contributed by atoms with Crippen molar-refractivity contribution in [1.82, 2.24) is 4.90 Å². The molecule has 0 saturated heterocycles. The molecule has 0 fully saturated rings. The highest BCUT2D eigenvalue weighted by Crippen LogP contribution is 2.31. The van der Waals surface area contributed by atoms with E-state index >= 15 is 0 Å². The molecule has 146 valence electrons. The third-order valence-electron chi connectivity index (χ3n) is 4.09. The predicted octanol–water partition coefficient (Wildman–Crippen LogP) is 3.33. The summed E-state index contributed by atoms with van der Waals surface area (Å²) in [5, 5.41) is 0.529. The van der Waals surface area contributed by atoms with Gasteiger partial charge in [-0.15, -0.1) is 0 Å². The fourth-order valence-electron chi connectivity index (χ4n) is 2.61. The number of esters is 1. The van der Waals surface area contributed by atoms with Crippen molar-refractivity contribution in [2.75, 3.05) is 26.9 Å². The Hall–Kier alpha value is -2.99. The summed E-state index contributed by atoms with van der Waals surface area (Å²) >= 11 is 6.02. The summed E-state index contributed by atoms with van der Waals surface area (Å²) in [6.07, 6.45) is 2.79. The van der Waals surface area contributed by atoms with Crippen LogP contribution < -0.4 is 9.47 Å². The van der Waals surface area contributed by atoms with Gasteiger partial charge in [0.05, 0.1) is 0 Å². The van der Waals surface area contributed by atoms with E-state index in [9.17, 15) is 9.59 Å². The normalized spacial score (nSPS) is 12.6. The van der Waals surface area contributed by atoms with Crippen molar-refractivity contribution in [2.45, 2.75) is 6.54 Å². The SMILES string of the molecule is CN(Cc1ccc2c(c1)OCCO2)C(=O)COC(=O)/C=C/c1ccccc1Cl. The van der Waals surface area contributed by atoms with Crippen LogP contribution in [0.2, 0.25) is 5.02 Å². The van der Waals surface area contributed by atoms with Crippen LogP contribution in [0.3, 0.4) is 0 Å². The van der Waals surface area contributed by atoms with Crippen LogP contribution in [0, 0.1) is 0 Å². The highest BCUT2D eigenvalue weighted by molar-refractivity contribution is 6.32. The molecule has 1 amide bonds. The van der Waals surface area contributed by atoms with Gasteiger partial charge >= 0.3 is 5.97 Å². The van der Waals surface area contributed by atoms with Crippen LogP contribution in [0.1, 0.15) is 11.1 Å². The number of rotatable bonds is 6. The van der Waals surface area contributed by atoms with E-state index < -0.39 is 5.97 Å². The minimum Gasteiger partial charge on any atom is -0.486 e. The lowest BCUT2D eigenvalue weighted by Gasteiger charge is -2.21. The Balaban J connectivity index is 1.49. The van der Waals surface area contributed by atoms with Crippen molar-refractivity contribution in [3.05, 3.63) is 64.7 Å². The maximum Gasteiger partial charge on any atom is 0.331 e. The molecule has 0 radical (unpaired) electrons. The first-order valence-electron chi connectivity index (χ1n) is 8.75. The van der Waals surface area contributed by atoms with Crippen LogP contribution >= 0.6 is 11.6 Å². The van der Waals surface area contributed by atoms with E-state index in [1.165, 1.54) is 11.0 Å². The third kappa shape index (κ3) is 5.27. The Kier molecular flexibility index (Phi) is 6.55. The van der Waals surface area contributed by atoms with E-state index in [4.69, 9.17) is 25.8 Å². The van der Waals surface area contributed by atoms with Crippen molar-refractivity contribution in [2.24, 2.45) is 0 Å². The molecule has 28 heavy (non-hydrogen) atoms. The molecule has 1 aliphatic rings. The number of ether oxygens (including phenoxy) is 3. The molecule has 0 bridgehead atoms. The first kappa shape index (κ1) is 19.8. The molecule has 6 nitrogen and oxygen atoms in total. The van der Waals surface area contributed by atoms with Gasteiger partial charge in [0, 0.05) is 24.7 Å². The Labute approximate surface area is 168 Å². The molecule has 0 unspecified atom stereocenters. The number of carbonyl (C=O) groups is 2. The van der Waals surface area contributed by atoms with E-state index in [-0.39, 0.29) is 12.5 Å². The summed E-state index contributed by atoms with van der Waals surface area (Å²) in [6, 6.07) is 12.6. The standard InChI is InChI=1S/C21H20ClNO5/c1-23(13-15-6-8-18-19(12-15)27-11-10-26-18)20(24)14-28-21(25)9-7-16-4-2-3-5-17(16)22/h2-9,12H,10-11,13-14H2,1H3/b9-7+. The van der Waals surface area contributed by atoms with E-state index in [0.29, 0.717) is 41.8 Å². The van der Waals surface area contributed by atoms with Gasteiger partial charge in [0.25, 0.3) is 5.91 Å². The monoisotopic (exact) mass is 401 g/mol. The van der Waals surface area contributed by atoms with Gasteiger partial charge in [-0.2, -0.15) is 0 Å². The smallest absolute Gasteiger partial charge is 0.331 e. The molecular formula is C21H20ClNO5. The summed E-state index contributed by atoms with van der Waals surface area (Å²) in [4.78, 5) is 25.5. The second-order valence-electron chi connectivity index (χ2n) is 6.19. The largest absolute Gasteiger partial charge is 0.486 e. The number of hydrogen-bond donors (Lipinski definition) is 0. The highest BCUT2D eigenvalue weighted by Gasteiger charge is 2.15. The molecule has 2 aromatic carbocycles. The molecule has 0 atom stereocenters. The zero-order chi connectivity index (χ0) is 19.9. The second-order valence-corrected chi connectivity index (χ2v) is 6.60. The summed E-state index contributed by atoms with van der Waals surface area (Å²) in [5.41, 5.74) is 1.59. The lowest BCUT2D eigenvalue weighted by molar-refractivity contribution is -0.147. The fraction of sp³-hybridized carbons (Fsp3) is 0.238. The first-order valence-corrected chi connectivity index (χ1v) is 9.12. The van der Waals surface area contributed by atoms with E-state index in [2.05, 4.69) is 0 Å². The lowest BCUT2D eigenvalue weighted by Crippen LogP contribution is -2.30. The van der Waals surface area contributed by atoms with Crippen molar-refractivity contribution in [3.63, 3.8) is 0 Å². The van der Waals surface area contributed by atoms with Gasteiger partial charge in [0.2, 0.25) is 0 Å². The molecule has 0 aliphatic carbocycles. The average Bonchev–Trinajstić information content (AvgIpc) is 2.71. The molecule has 0 N–H and O–H groups in total. The van der Waals surface area contributed by atoms with Crippen LogP contribution in [-0.4, -0.2) is 43.6 Å². The number of fused-ring (bicyclic) bond motifs is 1. The molecule has 1 heterocycles. The van der Waals surface area contributed by atoms with Crippen molar-refractivity contribution < 1.29 is 23.8 Å². The quantitative estimate of drug-likeness (QED) is 0.548. The van der Waals surface area contributed by atoms with Crippen molar-refractivity contribution in [1.29, 1.82) is 0 Å². The summed E-state index contributed by atoms with van der Waals surface area (Å²) in [7, 11) is 1.65. The maximum absolute atomic E-state index is 12.2. The number of hydrogen-bond acceptors (Lipinski definition) is 5. The molecule has 0 saturated carbocycles. The zero-order valence-electron chi connectivity index (χ0n) is 15.4. The number of nitrogens with zero attached hydrogens (tertiary/aromatic N) is 1. The second kappa shape index (κ2) is 9.28. The number of amides is 1. The Morgan fingerprint density at radius 3 is 2.68 bits per heavy atom. The Morgan fingerprint density at radius 2 is 1.89 bits per heavy atom. The molecule has 0 spiro atoms. The van der Waals surface area contributed by atoms with Crippen LogP contribution in [0.25, 0.3) is 6.08 Å². The molecule has 3 rings (SSSR count). The molecule has 7 heteroatoms. The van der Waals surface area contributed by atoms with Crippen molar-refractivity contribution >= 4 is 29.6 Å². The van der Waals surface area contributed by atoms with Gasteiger partial charge in [-0.05, 0) is 35.4 Å². The predicted molar refractivity (Wildman–Crippen MR) is 105 cm³/mol. The molecule has 2 aromatic rings. The van der Waals surface area contributed by atoms with Crippen LogP contribution in [-0.2, 0) is 20.9 Å². The maximum atomic E-state index is 12.2. The topological polar surface area (TPSA) is 65.1 Å². The third-order valence-corrected chi connectivity index (χ3v) is 4.44. The van der Waals surface area contributed by atoms with E-state index in [0.717, 1.165) is 5.56 Å². The minimum atomic E-state index is -0.610. The van der Waals surface area contributed by atoms with Gasteiger partial charge in [0.15, 0.2) is 18.1 Å². The zero-order valence-corrected chi connectivity index (χ0v) is 16.1. The number of halogens is 1. The van der Waals surface area contributed by atoms with Crippen LogP contribution in [0.4, 0.5) is 0 Å². The fourth-order valence-corrected chi connectivity index (χ4v) is 2.81. The van der Waals surface area contributed by atoms with E-state index in [1.807, 2.05) is 24.3 Å². The first-order chi connectivity index (χ1) is 13.5. The van der Waals surface area contributed by atoms with Gasteiger partial charge in [-0.3, -0.25) is 4.79 Å². The summed E-state index contributed by atoms with van der Waals surface area (Å²) < 4.78 is 16.0. The Bertz CT molecular complexity index is 896. The van der Waals surface area contributed by atoms with Gasteiger partial charge < -0.3 is 19.1 Å². The summed E-state index contributed by atoms with van der Waals surface area (Å²) in [6.45, 7) is 1.05. The number of likely N-dealkylation sites (N-methyl/N-ethyl adjacent to an activating group) is 1. The van der Waals surface area contributed by atoms with Crippen LogP contribution in [0.15, 0.2) is 48.5 Å². The highest BCUT2D eigenvalue weighted by atomic mass is 35.5. The molecule has 0 aromatic heterocycles.